The molecule has 0 unspecified atom stereocenters. The van der Waals surface area contributed by atoms with Crippen molar-refractivity contribution in [2.45, 2.75) is 5.88 Å². The Kier molecular flexibility index (Phi) is 3.06. The highest BCUT2D eigenvalue weighted by Gasteiger charge is 2.05. The first-order valence-corrected chi connectivity index (χ1v) is 5.28. The number of aromatic amines is 1. The summed E-state index contributed by atoms with van der Waals surface area (Å²) in [6, 6.07) is 9.21. The van der Waals surface area contributed by atoms with Gasteiger partial charge < -0.3 is 4.98 Å². The Labute approximate surface area is 96.7 Å². The summed E-state index contributed by atoms with van der Waals surface area (Å²) in [6.45, 7) is 0. The van der Waals surface area contributed by atoms with Crippen LogP contribution in [0.1, 0.15) is 5.69 Å². The zero-order valence-corrected chi connectivity index (χ0v) is 9.09. The molecule has 82 valence electrons. The minimum absolute atomic E-state index is 0.182. The highest BCUT2D eigenvalue weighted by atomic mass is 35.5. The van der Waals surface area contributed by atoms with E-state index in [1.807, 2.05) is 0 Å². The molecule has 2 nitrogen and oxygen atoms in total. The zero-order valence-electron chi connectivity index (χ0n) is 8.34. The molecule has 16 heavy (non-hydrogen) atoms. The van der Waals surface area contributed by atoms with Crippen molar-refractivity contribution in [2.75, 3.05) is 0 Å². The van der Waals surface area contributed by atoms with Crippen molar-refractivity contribution in [3.8, 4) is 11.1 Å². The van der Waals surface area contributed by atoms with Gasteiger partial charge in [-0.2, -0.15) is 0 Å². The Bertz CT molecular complexity index is 565. The van der Waals surface area contributed by atoms with Crippen molar-refractivity contribution in [3.05, 3.63) is 58.3 Å². The van der Waals surface area contributed by atoms with E-state index in [1.54, 1.807) is 18.2 Å². The van der Waals surface area contributed by atoms with Crippen LogP contribution < -0.4 is 5.56 Å². The van der Waals surface area contributed by atoms with Gasteiger partial charge in [0.25, 0.3) is 0 Å². The molecular formula is C12H9ClFNO. The Hall–Kier alpha value is -1.61. The summed E-state index contributed by atoms with van der Waals surface area (Å²) in [6.07, 6.45) is 0. The van der Waals surface area contributed by atoms with Crippen molar-refractivity contribution >= 4 is 11.6 Å². The van der Waals surface area contributed by atoms with Crippen LogP contribution in [0.3, 0.4) is 0 Å². The summed E-state index contributed by atoms with van der Waals surface area (Å²) < 4.78 is 13.1. The quantitative estimate of drug-likeness (QED) is 0.801. The number of halogens is 2. The van der Waals surface area contributed by atoms with E-state index < -0.39 is 0 Å². The Morgan fingerprint density at radius 3 is 2.75 bits per heavy atom. The third-order valence-electron chi connectivity index (χ3n) is 2.27. The lowest BCUT2D eigenvalue weighted by Crippen LogP contribution is -2.07. The number of pyridine rings is 1. The summed E-state index contributed by atoms with van der Waals surface area (Å²) in [5.74, 6) is -0.133. The third kappa shape index (κ3) is 2.14. The Balaban J connectivity index is 2.59. The number of benzene rings is 1. The zero-order chi connectivity index (χ0) is 11.5. The second-order valence-electron chi connectivity index (χ2n) is 3.36. The van der Waals surface area contributed by atoms with Crippen LogP contribution in [0.5, 0.6) is 0 Å². The fourth-order valence-electron chi connectivity index (χ4n) is 1.55. The smallest absolute Gasteiger partial charge is 0.248 e. The van der Waals surface area contributed by atoms with E-state index in [0.29, 0.717) is 11.3 Å². The molecule has 0 spiro atoms. The minimum Gasteiger partial charge on any atom is -0.324 e. The summed E-state index contributed by atoms with van der Waals surface area (Å²) in [7, 11) is 0. The first-order valence-electron chi connectivity index (χ1n) is 4.75. The maximum Gasteiger partial charge on any atom is 0.248 e. The molecule has 2 aromatic rings. The molecule has 4 heteroatoms. The molecule has 0 saturated heterocycles. The Morgan fingerprint density at radius 2 is 2.06 bits per heavy atom. The van der Waals surface area contributed by atoms with Gasteiger partial charge >= 0.3 is 0 Å². The molecular weight excluding hydrogens is 229 g/mol. The molecule has 0 saturated carbocycles. The maximum atomic E-state index is 13.1. The van der Waals surface area contributed by atoms with E-state index in [-0.39, 0.29) is 17.3 Å². The summed E-state index contributed by atoms with van der Waals surface area (Å²) in [5.41, 5.74) is 1.83. The van der Waals surface area contributed by atoms with Crippen LogP contribution >= 0.6 is 11.6 Å². The first kappa shape index (κ1) is 10.9. The van der Waals surface area contributed by atoms with Crippen LogP contribution in [0.4, 0.5) is 4.39 Å². The van der Waals surface area contributed by atoms with Gasteiger partial charge in [0.05, 0.1) is 5.88 Å². The molecule has 0 atom stereocenters. The van der Waals surface area contributed by atoms with E-state index in [4.69, 9.17) is 11.6 Å². The van der Waals surface area contributed by atoms with Crippen molar-refractivity contribution < 1.29 is 4.39 Å². The van der Waals surface area contributed by atoms with Gasteiger partial charge in [-0.25, -0.2) is 4.39 Å². The second kappa shape index (κ2) is 4.49. The van der Waals surface area contributed by atoms with Crippen LogP contribution in [0.2, 0.25) is 0 Å². The van der Waals surface area contributed by atoms with Gasteiger partial charge in [-0.05, 0) is 23.8 Å². The van der Waals surface area contributed by atoms with Gasteiger partial charge in [0.15, 0.2) is 0 Å². The molecule has 0 amide bonds. The lowest BCUT2D eigenvalue weighted by molar-refractivity contribution is 0.628. The van der Waals surface area contributed by atoms with E-state index in [0.717, 1.165) is 5.56 Å². The van der Waals surface area contributed by atoms with Gasteiger partial charge in [-0.3, -0.25) is 4.79 Å². The van der Waals surface area contributed by atoms with E-state index in [2.05, 4.69) is 4.98 Å². The molecule has 1 heterocycles. The van der Waals surface area contributed by atoms with Crippen molar-refractivity contribution in [1.82, 2.24) is 4.98 Å². The maximum absolute atomic E-state index is 13.1. The normalized spacial score (nSPS) is 10.4. The molecule has 0 fully saturated rings. The van der Waals surface area contributed by atoms with E-state index >= 15 is 0 Å². The van der Waals surface area contributed by atoms with Crippen LogP contribution in [0.25, 0.3) is 11.1 Å². The number of aromatic nitrogens is 1. The average Bonchev–Trinajstić information content (AvgIpc) is 2.28. The molecule has 0 aliphatic heterocycles. The van der Waals surface area contributed by atoms with Gasteiger partial charge in [0.1, 0.15) is 5.82 Å². The third-order valence-corrected chi connectivity index (χ3v) is 2.54. The minimum atomic E-state index is -0.316. The topological polar surface area (TPSA) is 32.9 Å². The number of rotatable bonds is 2. The average molecular weight is 238 g/mol. The van der Waals surface area contributed by atoms with Gasteiger partial charge in [0, 0.05) is 17.3 Å². The molecule has 1 aromatic heterocycles. The molecule has 0 aliphatic rings. The number of H-pyrrole nitrogens is 1. The van der Waals surface area contributed by atoms with Gasteiger partial charge in [-0.15, -0.1) is 11.6 Å². The number of alkyl halides is 1. The standard InChI is InChI=1S/C12H9ClFNO/c13-7-11-10(4-5-12(16)15-11)8-2-1-3-9(14)6-8/h1-6H,7H2,(H,15,16). The first-order chi connectivity index (χ1) is 7.70. The monoisotopic (exact) mass is 237 g/mol. The molecule has 2 rings (SSSR count). The fourth-order valence-corrected chi connectivity index (χ4v) is 1.76. The highest BCUT2D eigenvalue weighted by molar-refractivity contribution is 6.17. The fraction of sp³-hybridized carbons (Fsp3) is 0.0833. The molecule has 1 aromatic carbocycles. The number of hydrogen-bond acceptors (Lipinski definition) is 1. The van der Waals surface area contributed by atoms with E-state index in [9.17, 15) is 9.18 Å². The predicted octanol–water partition coefficient (Wildman–Crippen LogP) is 2.92. The molecule has 1 N–H and O–H groups in total. The summed E-state index contributed by atoms with van der Waals surface area (Å²) >= 11 is 5.73. The largest absolute Gasteiger partial charge is 0.324 e. The van der Waals surface area contributed by atoms with Crippen molar-refractivity contribution in [3.63, 3.8) is 0 Å². The van der Waals surface area contributed by atoms with Crippen LogP contribution in [-0.4, -0.2) is 4.98 Å². The van der Waals surface area contributed by atoms with E-state index in [1.165, 1.54) is 18.2 Å². The van der Waals surface area contributed by atoms with Gasteiger partial charge in [-0.1, -0.05) is 12.1 Å². The molecule has 0 radical (unpaired) electrons. The second-order valence-corrected chi connectivity index (χ2v) is 3.63. The molecule has 0 bridgehead atoms. The Morgan fingerprint density at radius 1 is 1.25 bits per heavy atom. The van der Waals surface area contributed by atoms with Crippen molar-refractivity contribution in [1.29, 1.82) is 0 Å². The lowest BCUT2D eigenvalue weighted by Gasteiger charge is -2.06. The SMILES string of the molecule is O=c1ccc(-c2cccc(F)c2)c(CCl)[nH]1. The number of nitrogens with one attached hydrogen (secondary N) is 1. The number of hydrogen-bond donors (Lipinski definition) is 1. The summed E-state index contributed by atoms with van der Waals surface area (Å²) in [5, 5.41) is 0. The van der Waals surface area contributed by atoms with Crippen LogP contribution in [-0.2, 0) is 5.88 Å². The van der Waals surface area contributed by atoms with Gasteiger partial charge in [0.2, 0.25) is 5.56 Å². The molecule has 0 aliphatic carbocycles. The highest BCUT2D eigenvalue weighted by Crippen LogP contribution is 2.22. The predicted molar refractivity (Wildman–Crippen MR) is 62.0 cm³/mol. The summed E-state index contributed by atoms with van der Waals surface area (Å²) in [4.78, 5) is 13.7. The van der Waals surface area contributed by atoms with Crippen molar-refractivity contribution in [2.24, 2.45) is 0 Å². The van der Waals surface area contributed by atoms with Crippen LogP contribution in [0.15, 0.2) is 41.2 Å². The van der Waals surface area contributed by atoms with Crippen LogP contribution in [0, 0.1) is 5.82 Å². The lowest BCUT2D eigenvalue weighted by atomic mass is 10.0.